The molecule has 172 valence electrons. The van der Waals surface area contributed by atoms with Crippen molar-refractivity contribution in [1.29, 1.82) is 0 Å². The summed E-state index contributed by atoms with van der Waals surface area (Å²) in [6.45, 7) is 1.81. The summed E-state index contributed by atoms with van der Waals surface area (Å²) in [4.78, 5) is 49.1. The molecule has 2 aromatic heterocycles. The highest BCUT2D eigenvalue weighted by molar-refractivity contribution is 8.02. The van der Waals surface area contributed by atoms with Gasteiger partial charge in [0, 0.05) is 28.1 Å². The van der Waals surface area contributed by atoms with Crippen LogP contribution in [-0.2, 0) is 4.79 Å². The molecule has 0 saturated heterocycles. The Morgan fingerprint density at radius 3 is 2.49 bits per heavy atom. The van der Waals surface area contributed by atoms with Gasteiger partial charge in [0.25, 0.3) is 11.8 Å². The minimum absolute atomic E-state index is 0.151. The largest absolute Gasteiger partial charge is 0.301 e. The molecule has 3 amide bonds. The summed E-state index contributed by atoms with van der Waals surface area (Å²) < 4.78 is 1.56. The van der Waals surface area contributed by atoms with Gasteiger partial charge in [-0.2, -0.15) is 0 Å². The number of thiazole rings is 2. The Kier molecular flexibility index (Phi) is 5.36. The summed E-state index contributed by atoms with van der Waals surface area (Å²) in [5, 5.41) is 6.35. The number of carbonyl (C=O) groups excluding carboxylic acids is 3. The lowest BCUT2D eigenvalue weighted by atomic mass is 9.94. The van der Waals surface area contributed by atoms with Crippen molar-refractivity contribution < 1.29 is 14.4 Å². The Hall–Kier alpha value is -3.60. The summed E-state index contributed by atoms with van der Waals surface area (Å²) >= 11 is 4.14. The highest BCUT2D eigenvalue weighted by Crippen LogP contribution is 2.37. The molecule has 0 unspecified atom stereocenters. The molecule has 0 saturated carbocycles. The van der Waals surface area contributed by atoms with Crippen LogP contribution in [0.2, 0.25) is 0 Å². The normalized spacial score (nSPS) is 14.0. The predicted octanol–water partition coefficient (Wildman–Crippen LogP) is 5.83. The first-order valence-corrected chi connectivity index (χ1v) is 13.3. The third-order valence-electron chi connectivity index (χ3n) is 5.69. The number of nitrogens with zero attached hydrogens (tertiary/aromatic N) is 3. The molecule has 3 aromatic carbocycles. The molecule has 35 heavy (non-hydrogen) atoms. The fourth-order valence-electron chi connectivity index (χ4n) is 4.04. The monoisotopic (exact) mass is 516 g/mol. The molecule has 0 aliphatic carbocycles. The second kappa shape index (κ2) is 8.56. The fraction of sp³-hybridized carbons (Fsp3) is 0.0800. The zero-order valence-corrected chi connectivity index (χ0v) is 20.7. The van der Waals surface area contributed by atoms with Crippen LogP contribution in [0, 0.1) is 0 Å². The van der Waals surface area contributed by atoms with Gasteiger partial charge in [0.15, 0.2) is 9.47 Å². The molecule has 10 heteroatoms. The number of nitrogens with one attached hydrogen (secondary N) is 1. The maximum atomic E-state index is 13.3. The molecule has 6 rings (SSSR count). The van der Waals surface area contributed by atoms with E-state index < -0.39 is 0 Å². The van der Waals surface area contributed by atoms with E-state index >= 15 is 0 Å². The van der Waals surface area contributed by atoms with Crippen LogP contribution >= 0.6 is 34.4 Å². The number of fused-ring (bicyclic) bond motifs is 1. The van der Waals surface area contributed by atoms with Gasteiger partial charge < -0.3 is 5.32 Å². The first kappa shape index (κ1) is 21.9. The molecular weight excluding hydrogens is 501 g/mol. The van der Waals surface area contributed by atoms with Crippen LogP contribution in [-0.4, -0.2) is 32.9 Å². The van der Waals surface area contributed by atoms with Crippen molar-refractivity contribution in [2.45, 2.75) is 16.5 Å². The van der Waals surface area contributed by atoms with Crippen molar-refractivity contribution in [3.05, 3.63) is 77.3 Å². The maximum absolute atomic E-state index is 13.3. The Morgan fingerprint density at radius 2 is 1.80 bits per heavy atom. The van der Waals surface area contributed by atoms with Crippen molar-refractivity contribution in [2.24, 2.45) is 0 Å². The van der Waals surface area contributed by atoms with Crippen LogP contribution in [0.15, 0.2) is 70.5 Å². The minimum atomic E-state index is -0.374. The van der Waals surface area contributed by atoms with Gasteiger partial charge in [-0.3, -0.25) is 14.4 Å². The second-order valence-electron chi connectivity index (χ2n) is 7.87. The first-order chi connectivity index (χ1) is 17.0. The topological polar surface area (TPSA) is 92.3 Å². The van der Waals surface area contributed by atoms with Crippen molar-refractivity contribution in [1.82, 2.24) is 9.97 Å². The van der Waals surface area contributed by atoms with E-state index in [1.165, 1.54) is 39.3 Å². The number of imide groups is 1. The van der Waals surface area contributed by atoms with Gasteiger partial charge in [-0.05, 0) is 42.6 Å². The van der Waals surface area contributed by atoms with Gasteiger partial charge in [0.2, 0.25) is 5.91 Å². The van der Waals surface area contributed by atoms with E-state index in [1.54, 1.807) is 41.9 Å². The predicted molar refractivity (Wildman–Crippen MR) is 141 cm³/mol. The van der Waals surface area contributed by atoms with Crippen LogP contribution in [0.25, 0.3) is 21.0 Å². The molecule has 1 atom stereocenters. The summed E-state index contributed by atoms with van der Waals surface area (Å²) in [7, 11) is 0. The molecule has 7 nitrogen and oxygen atoms in total. The Morgan fingerprint density at radius 1 is 1.06 bits per heavy atom. The average molecular weight is 517 g/mol. The number of thioether (sulfide) groups is 1. The number of rotatable bonds is 5. The van der Waals surface area contributed by atoms with E-state index in [-0.39, 0.29) is 23.0 Å². The Bertz CT molecular complexity index is 1590. The highest BCUT2D eigenvalue weighted by Gasteiger charge is 2.34. The van der Waals surface area contributed by atoms with E-state index in [1.807, 2.05) is 31.2 Å². The molecular formula is C25H16N4O3S3. The van der Waals surface area contributed by atoms with Gasteiger partial charge in [0.05, 0.1) is 21.2 Å². The smallest absolute Gasteiger partial charge is 0.265 e. The van der Waals surface area contributed by atoms with Crippen LogP contribution in [0.5, 0.6) is 0 Å². The maximum Gasteiger partial charge on any atom is 0.265 e. The van der Waals surface area contributed by atoms with Crippen LogP contribution in [0.3, 0.4) is 0 Å². The van der Waals surface area contributed by atoms with Crippen molar-refractivity contribution >= 4 is 84.0 Å². The molecule has 1 aliphatic rings. The number of hydrogen-bond donors (Lipinski definition) is 1. The van der Waals surface area contributed by atoms with Gasteiger partial charge in [-0.15, -0.1) is 22.7 Å². The quantitative estimate of drug-likeness (QED) is 0.234. The van der Waals surface area contributed by atoms with Crippen LogP contribution in [0.4, 0.5) is 10.8 Å². The Balaban J connectivity index is 1.29. The number of amides is 3. The van der Waals surface area contributed by atoms with Crippen molar-refractivity contribution in [3.8, 4) is 0 Å². The van der Waals surface area contributed by atoms with Crippen LogP contribution in [0.1, 0.15) is 27.6 Å². The average Bonchev–Trinajstić information content (AvgIpc) is 3.51. The molecule has 0 bridgehead atoms. The lowest BCUT2D eigenvalue weighted by molar-refractivity contribution is -0.115. The van der Waals surface area contributed by atoms with E-state index in [0.717, 1.165) is 19.9 Å². The van der Waals surface area contributed by atoms with Crippen LogP contribution < -0.4 is 10.2 Å². The van der Waals surface area contributed by atoms with E-state index in [0.29, 0.717) is 27.3 Å². The fourth-order valence-corrected chi connectivity index (χ4v) is 6.82. The number of benzene rings is 3. The number of hydrogen-bond acceptors (Lipinski definition) is 8. The van der Waals surface area contributed by atoms with Gasteiger partial charge in [-0.25, -0.2) is 14.9 Å². The third-order valence-corrected chi connectivity index (χ3v) is 8.59. The molecule has 0 spiro atoms. The van der Waals surface area contributed by atoms with E-state index in [2.05, 4.69) is 15.3 Å². The molecule has 1 aliphatic heterocycles. The SMILES string of the molecule is C[C@H](Sc1nc2ccc(N3C(=O)c4cccc5cccc(c45)C3=O)cc2s1)C(=O)Nc1nccs1. The zero-order chi connectivity index (χ0) is 24.1. The second-order valence-corrected chi connectivity index (χ2v) is 11.4. The molecule has 3 heterocycles. The molecule has 0 fully saturated rings. The summed E-state index contributed by atoms with van der Waals surface area (Å²) in [5.41, 5.74) is 2.26. The Labute approximate surface area is 211 Å². The minimum Gasteiger partial charge on any atom is -0.301 e. The number of aromatic nitrogens is 2. The summed E-state index contributed by atoms with van der Waals surface area (Å²) in [6, 6.07) is 16.3. The third kappa shape index (κ3) is 3.79. The zero-order valence-electron chi connectivity index (χ0n) is 18.2. The number of anilines is 2. The summed E-state index contributed by atoms with van der Waals surface area (Å²) in [6.07, 6.45) is 1.64. The molecule has 5 aromatic rings. The number of carbonyl (C=O) groups is 3. The van der Waals surface area contributed by atoms with E-state index in [4.69, 9.17) is 0 Å². The molecule has 0 radical (unpaired) electrons. The highest BCUT2D eigenvalue weighted by atomic mass is 32.2. The summed E-state index contributed by atoms with van der Waals surface area (Å²) in [5.74, 6) is -0.835. The lowest BCUT2D eigenvalue weighted by Gasteiger charge is -2.27. The van der Waals surface area contributed by atoms with Gasteiger partial charge in [-0.1, -0.05) is 36.0 Å². The lowest BCUT2D eigenvalue weighted by Crippen LogP contribution is -2.40. The van der Waals surface area contributed by atoms with Gasteiger partial charge >= 0.3 is 0 Å². The van der Waals surface area contributed by atoms with E-state index in [9.17, 15) is 14.4 Å². The standard InChI is InChI=1S/C25H16N4O3S3/c1-13(21(30)28-24-26-10-11-33-24)34-25-27-18-9-8-15(12-19(18)35-25)29-22(31)16-6-2-4-14-5-3-7-17(20(14)16)23(29)32/h2-13H,1H3,(H,26,28,30)/t13-/m0/s1. The first-order valence-electron chi connectivity index (χ1n) is 10.7. The van der Waals surface area contributed by atoms with Crippen molar-refractivity contribution in [3.63, 3.8) is 0 Å². The van der Waals surface area contributed by atoms with Crippen molar-refractivity contribution in [2.75, 3.05) is 10.2 Å². The molecule has 1 N–H and O–H groups in total. The van der Waals surface area contributed by atoms with Gasteiger partial charge in [0.1, 0.15) is 0 Å².